The number of fused-ring (bicyclic) bond motifs is 1. The number of carbonyl (C=O) groups is 1. The number of rotatable bonds is 8. The van der Waals surface area contributed by atoms with E-state index >= 15 is 0 Å². The first-order valence-electron chi connectivity index (χ1n) is 10.2. The Hall–Kier alpha value is -2.47. The lowest BCUT2D eigenvalue weighted by Crippen LogP contribution is -2.57. The van der Waals surface area contributed by atoms with E-state index in [1.165, 1.54) is 18.3 Å². The molecule has 1 aliphatic rings. The maximum atomic E-state index is 13.3. The second-order valence-corrected chi connectivity index (χ2v) is 10.2. The fraction of sp³-hybridized carbons (Fsp3) is 0.450. The van der Waals surface area contributed by atoms with Crippen LogP contribution in [0.25, 0.3) is 10.8 Å². The minimum atomic E-state index is -4.04. The maximum Gasteiger partial charge on any atom is 0.241 e. The minimum Gasteiger partial charge on any atom is -0.370 e. The summed E-state index contributed by atoms with van der Waals surface area (Å²) in [5, 5.41) is 14.2. The van der Waals surface area contributed by atoms with Crippen molar-refractivity contribution < 1.29 is 13.2 Å². The number of halogens is 1. The number of nitrogens with one attached hydrogen (secondary N) is 4. The van der Waals surface area contributed by atoms with Gasteiger partial charge in [0.05, 0.1) is 9.92 Å². The van der Waals surface area contributed by atoms with E-state index < -0.39 is 15.6 Å². The molecule has 0 bridgehead atoms. The topological polar surface area (TPSA) is 153 Å². The van der Waals surface area contributed by atoms with Gasteiger partial charge in [-0.05, 0) is 39.1 Å². The largest absolute Gasteiger partial charge is 0.370 e. The van der Waals surface area contributed by atoms with E-state index in [0.29, 0.717) is 41.7 Å². The fourth-order valence-electron chi connectivity index (χ4n) is 3.81. The third-order valence-electron chi connectivity index (χ3n) is 5.44. The van der Waals surface area contributed by atoms with Crippen LogP contribution in [0.4, 0.5) is 5.82 Å². The Labute approximate surface area is 192 Å². The summed E-state index contributed by atoms with van der Waals surface area (Å²) in [6.45, 7) is 1.08. The number of hydrogen-bond acceptors (Lipinski definition) is 6. The number of sulfonamides is 1. The molecule has 1 amide bonds. The molecule has 1 aliphatic carbocycles. The highest BCUT2D eigenvalue weighted by Gasteiger charge is 2.44. The van der Waals surface area contributed by atoms with Crippen LogP contribution in [0, 0.1) is 5.41 Å². The van der Waals surface area contributed by atoms with Crippen LogP contribution in [0.15, 0.2) is 29.3 Å². The van der Waals surface area contributed by atoms with Crippen molar-refractivity contribution >= 4 is 50.1 Å². The van der Waals surface area contributed by atoms with Crippen molar-refractivity contribution in [1.82, 2.24) is 19.9 Å². The number of anilines is 1. The predicted molar refractivity (Wildman–Crippen MR) is 125 cm³/mol. The molecule has 0 spiro atoms. The summed E-state index contributed by atoms with van der Waals surface area (Å²) in [7, 11) is -0.245. The van der Waals surface area contributed by atoms with E-state index in [1.54, 1.807) is 6.07 Å². The number of guanidine groups is 1. The lowest BCUT2D eigenvalue weighted by Gasteiger charge is -2.29. The molecule has 174 valence electrons. The van der Waals surface area contributed by atoms with Gasteiger partial charge in [0, 0.05) is 30.1 Å². The lowest BCUT2D eigenvalue weighted by molar-refractivity contribution is -0.126. The van der Waals surface area contributed by atoms with Gasteiger partial charge < -0.3 is 21.3 Å². The summed E-state index contributed by atoms with van der Waals surface area (Å²) < 4.78 is 29.3. The van der Waals surface area contributed by atoms with Crippen molar-refractivity contribution in [2.45, 2.75) is 36.1 Å². The third kappa shape index (κ3) is 5.29. The molecule has 1 heterocycles. The first-order valence-corrected chi connectivity index (χ1v) is 12.1. The second-order valence-electron chi connectivity index (χ2n) is 8.15. The Morgan fingerprint density at radius 1 is 1.28 bits per heavy atom. The Kier molecular flexibility index (Phi) is 7.23. The van der Waals surface area contributed by atoms with E-state index in [4.69, 9.17) is 22.7 Å². The number of benzene rings is 1. The Balaban J connectivity index is 1.93. The van der Waals surface area contributed by atoms with Crippen molar-refractivity contribution in [2.75, 3.05) is 32.5 Å². The zero-order chi connectivity index (χ0) is 23.5. The Morgan fingerprint density at radius 3 is 2.59 bits per heavy atom. The van der Waals surface area contributed by atoms with Gasteiger partial charge in [0.1, 0.15) is 11.4 Å². The van der Waals surface area contributed by atoms with E-state index in [2.05, 4.69) is 20.3 Å². The molecule has 6 N–H and O–H groups in total. The Bertz CT molecular complexity index is 1130. The first kappa shape index (κ1) is 24.2. The van der Waals surface area contributed by atoms with Crippen LogP contribution >= 0.6 is 11.6 Å². The zero-order valence-corrected chi connectivity index (χ0v) is 19.6. The molecule has 2 aromatic rings. The standard InChI is InChI=1S/C20H28ClN7O3S/c1-28(2)10-9-24-18(29)20(7-3-4-8-20)27-32(30,31)13-5-6-14-15(11-13)17(26-19(22)23)25-12-16(14)21/h5-6,11-12,27H,3-4,7-10H2,1-2H3,(H,24,29)(H4,22,23,25,26). The van der Waals surface area contributed by atoms with Crippen LogP contribution in [0.1, 0.15) is 25.7 Å². The van der Waals surface area contributed by atoms with Gasteiger partial charge in [-0.1, -0.05) is 30.5 Å². The number of nitrogens with two attached hydrogens (primary N) is 1. The number of pyridine rings is 1. The van der Waals surface area contributed by atoms with Crippen LogP contribution in [-0.4, -0.2) is 62.9 Å². The van der Waals surface area contributed by atoms with E-state index in [-0.39, 0.29) is 22.6 Å². The molecular formula is C20H28ClN7O3S. The van der Waals surface area contributed by atoms with Gasteiger partial charge in [-0.3, -0.25) is 10.2 Å². The number of nitrogens with zero attached hydrogens (tertiary/aromatic N) is 2. The van der Waals surface area contributed by atoms with Gasteiger partial charge in [0.2, 0.25) is 15.9 Å². The fourth-order valence-corrected chi connectivity index (χ4v) is 5.48. The van der Waals surface area contributed by atoms with Gasteiger partial charge in [-0.25, -0.2) is 13.4 Å². The van der Waals surface area contributed by atoms with E-state index in [1.807, 2.05) is 19.0 Å². The highest BCUT2D eigenvalue weighted by atomic mass is 35.5. The monoisotopic (exact) mass is 481 g/mol. The van der Waals surface area contributed by atoms with Crippen LogP contribution < -0.4 is 21.1 Å². The molecule has 0 saturated heterocycles. The molecule has 10 nitrogen and oxygen atoms in total. The van der Waals surface area contributed by atoms with Crippen molar-refractivity contribution in [2.24, 2.45) is 5.73 Å². The lowest BCUT2D eigenvalue weighted by atomic mass is 9.98. The normalized spacial score (nSPS) is 15.8. The highest BCUT2D eigenvalue weighted by molar-refractivity contribution is 7.89. The zero-order valence-electron chi connectivity index (χ0n) is 18.0. The van der Waals surface area contributed by atoms with Crippen molar-refractivity contribution in [3.63, 3.8) is 0 Å². The number of aromatic nitrogens is 1. The summed E-state index contributed by atoms with van der Waals surface area (Å²) in [6.07, 6.45) is 3.77. The van der Waals surface area contributed by atoms with Gasteiger partial charge >= 0.3 is 0 Å². The first-order chi connectivity index (χ1) is 15.0. The van der Waals surface area contributed by atoms with Crippen molar-refractivity contribution in [1.29, 1.82) is 5.41 Å². The SMILES string of the molecule is CN(C)CCNC(=O)C1(NS(=O)(=O)c2ccc3c(Cl)cnc(NC(=N)N)c3c2)CCCC1. The second kappa shape index (κ2) is 9.57. The Morgan fingerprint density at radius 2 is 1.97 bits per heavy atom. The van der Waals surface area contributed by atoms with Crippen LogP contribution in [0.5, 0.6) is 0 Å². The molecule has 32 heavy (non-hydrogen) atoms. The van der Waals surface area contributed by atoms with Crippen LogP contribution in [-0.2, 0) is 14.8 Å². The highest BCUT2D eigenvalue weighted by Crippen LogP contribution is 2.33. The summed E-state index contributed by atoms with van der Waals surface area (Å²) in [5.41, 5.74) is 4.23. The molecular weight excluding hydrogens is 454 g/mol. The molecule has 0 aliphatic heterocycles. The average Bonchev–Trinajstić information content (AvgIpc) is 3.18. The molecule has 0 unspecified atom stereocenters. The molecule has 0 atom stereocenters. The molecule has 1 aromatic carbocycles. The summed E-state index contributed by atoms with van der Waals surface area (Å²) in [4.78, 5) is 19.0. The van der Waals surface area contributed by atoms with Crippen LogP contribution in [0.2, 0.25) is 5.02 Å². The molecule has 1 fully saturated rings. The average molecular weight is 482 g/mol. The molecule has 0 radical (unpaired) electrons. The number of carbonyl (C=O) groups excluding carboxylic acids is 1. The van der Waals surface area contributed by atoms with Gasteiger partial charge in [0.25, 0.3) is 0 Å². The minimum absolute atomic E-state index is 0.0342. The summed E-state index contributed by atoms with van der Waals surface area (Å²) in [6, 6.07) is 4.41. The quantitative estimate of drug-likeness (QED) is 0.282. The van der Waals surface area contributed by atoms with Gasteiger partial charge in [-0.15, -0.1) is 0 Å². The van der Waals surface area contributed by atoms with E-state index in [0.717, 1.165) is 12.8 Å². The summed E-state index contributed by atoms with van der Waals surface area (Å²) >= 11 is 6.21. The molecule has 1 aromatic heterocycles. The van der Waals surface area contributed by atoms with Crippen molar-refractivity contribution in [3.8, 4) is 0 Å². The number of amides is 1. The van der Waals surface area contributed by atoms with Crippen LogP contribution in [0.3, 0.4) is 0 Å². The third-order valence-corrected chi connectivity index (χ3v) is 7.28. The molecule has 3 rings (SSSR count). The van der Waals surface area contributed by atoms with E-state index in [9.17, 15) is 13.2 Å². The molecule has 12 heteroatoms. The molecule has 1 saturated carbocycles. The van der Waals surface area contributed by atoms with Gasteiger partial charge in [0.15, 0.2) is 5.96 Å². The number of likely N-dealkylation sites (N-methyl/N-ethyl adjacent to an activating group) is 1. The number of hydrogen-bond donors (Lipinski definition) is 5. The van der Waals surface area contributed by atoms with Crippen molar-refractivity contribution in [3.05, 3.63) is 29.4 Å². The maximum absolute atomic E-state index is 13.3. The van der Waals surface area contributed by atoms with Gasteiger partial charge in [-0.2, -0.15) is 4.72 Å². The smallest absolute Gasteiger partial charge is 0.241 e. The summed E-state index contributed by atoms with van der Waals surface area (Å²) in [5.74, 6) is -0.442. The predicted octanol–water partition coefficient (Wildman–Crippen LogP) is 1.46.